The summed E-state index contributed by atoms with van der Waals surface area (Å²) in [5.74, 6) is 0. The van der Waals surface area contributed by atoms with Gasteiger partial charge in [0, 0.05) is 5.56 Å². The SMILES string of the molecule is O=COCc1ccsc1Br. The standard InChI is InChI=1S/C6H5BrO2S/c7-6-5(1-2-10-6)3-9-4-8/h1-2,4H,3H2. The fourth-order valence-corrected chi connectivity index (χ4v) is 1.75. The molecular formula is C6H5BrO2S. The summed E-state index contributed by atoms with van der Waals surface area (Å²) in [6.45, 7) is 0.803. The van der Waals surface area contributed by atoms with E-state index in [4.69, 9.17) is 0 Å². The van der Waals surface area contributed by atoms with E-state index in [9.17, 15) is 4.79 Å². The third kappa shape index (κ3) is 1.82. The van der Waals surface area contributed by atoms with Crippen LogP contribution in [0.25, 0.3) is 0 Å². The number of hydrogen-bond acceptors (Lipinski definition) is 3. The number of hydrogen-bond donors (Lipinski definition) is 0. The molecule has 1 aromatic rings. The highest BCUT2D eigenvalue weighted by Gasteiger charge is 1.99. The highest BCUT2D eigenvalue weighted by Crippen LogP contribution is 2.23. The molecular weight excluding hydrogens is 216 g/mol. The zero-order valence-electron chi connectivity index (χ0n) is 5.04. The van der Waals surface area contributed by atoms with Gasteiger partial charge in [0.05, 0.1) is 3.79 Å². The van der Waals surface area contributed by atoms with Crippen LogP contribution >= 0.6 is 27.3 Å². The molecule has 0 aliphatic carbocycles. The molecule has 0 N–H and O–H groups in total. The summed E-state index contributed by atoms with van der Waals surface area (Å²) in [7, 11) is 0. The molecule has 0 aliphatic heterocycles. The van der Waals surface area contributed by atoms with Crippen LogP contribution in [0.5, 0.6) is 0 Å². The van der Waals surface area contributed by atoms with E-state index in [0.29, 0.717) is 13.1 Å². The molecule has 10 heavy (non-hydrogen) atoms. The van der Waals surface area contributed by atoms with Gasteiger partial charge in [0.15, 0.2) is 0 Å². The third-order valence-electron chi connectivity index (χ3n) is 1.00. The van der Waals surface area contributed by atoms with Crippen molar-refractivity contribution < 1.29 is 9.53 Å². The number of carbonyl (C=O) groups is 1. The first kappa shape index (κ1) is 7.75. The summed E-state index contributed by atoms with van der Waals surface area (Å²) in [6, 6.07) is 1.91. The molecule has 1 heterocycles. The van der Waals surface area contributed by atoms with Crippen LogP contribution in [0.4, 0.5) is 0 Å². The Labute approximate surface area is 70.9 Å². The summed E-state index contributed by atoms with van der Waals surface area (Å²) in [5, 5.41) is 1.94. The van der Waals surface area contributed by atoms with Crippen molar-refractivity contribution in [3.05, 3.63) is 20.8 Å². The first-order chi connectivity index (χ1) is 4.84. The maximum atomic E-state index is 9.78. The van der Waals surface area contributed by atoms with Crippen molar-refractivity contribution in [1.29, 1.82) is 0 Å². The molecule has 0 aromatic carbocycles. The highest BCUT2D eigenvalue weighted by atomic mass is 79.9. The minimum Gasteiger partial charge on any atom is -0.463 e. The number of carbonyl (C=O) groups excluding carboxylic acids is 1. The zero-order valence-corrected chi connectivity index (χ0v) is 7.44. The molecule has 0 saturated carbocycles. The van der Waals surface area contributed by atoms with E-state index in [-0.39, 0.29) is 0 Å². The van der Waals surface area contributed by atoms with Crippen LogP contribution in [0.3, 0.4) is 0 Å². The summed E-state index contributed by atoms with van der Waals surface area (Å²) in [6.07, 6.45) is 0. The molecule has 0 atom stereocenters. The minimum atomic E-state index is 0.355. The van der Waals surface area contributed by atoms with Crippen molar-refractivity contribution in [2.24, 2.45) is 0 Å². The van der Waals surface area contributed by atoms with E-state index < -0.39 is 0 Å². The maximum Gasteiger partial charge on any atom is 0.293 e. The minimum absolute atomic E-state index is 0.355. The first-order valence-electron chi connectivity index (χ1n) is 2.61. The van der Waals surface area contributed by atoms with E-state index in [0.717, 1.165) is 9.35 Å². The largest absolute Gasteiger partial charge is 0.463 e. The van der Waals surface area contributed by atoms with Gasteiger partial charge in [0.2, 0.25) is 0 Å². The quantitative estimate of drug-likeness (QED) is 0.731. The molecule has 0 saturated heterocycles. The predicted octanol–water partition coefficient (Wildman–Crippen LogP) is 2.18. The van der Waals surface area contributed by atoms with Crippen molar-refractivity contribution in [2.75, 3.05) is 0 Å². The van der Waals surface area contributed by atoms with Gasteiger partial charge in [0.1, 0.15) is 6.61 Å². The molecule has 0 aliphatic rings. The van der Waals surface area contributed by atoms with E-state index in [1.165, 1.54) is 0 Å². The lowest BCUT2D eigenvalue weighted by Gasteiger charge is -1.93. The number of ether oxygens (including phenoxy) is 1. The van der Waals surface area contributed by atoms with Crippen LogP contribution in [0.2, 0.25) is 0 Å². The second-order valence-electron chi connectivity index (χ2n) is 1.63. The zero-order chi connectivity index (χ0) is 7.40. The van der Waals surface area contributed by atoms with Gasteiger partial charge in [0.25, 0.3) is 6.47 Å². The fraction of sp³-hybridized carbons (Fsp3) is 0.167. The van der Waals surface area contributed by atoms with Gasteiger partial charge < -0.3 is 4.74 Å². The molecule has 0 bridgehead atoms. The van der Waals surface area contributed by atoms with E-state index in [2.05, 4.69) is 20.7 Å². The van der Waals surface area contributed by atoms with E-state index in [1.807, 2.05) is 11.4 Å². The number of thiophene rings is 1. The van der Waals surface area contributed by atoms with Crippen LogP contribution in [-0.2, 0) is 16.1 Å². The van der Waals surface area contributed by atoms with Gasteiger partial charge in [-0.1, -0.05) is 0 Å². The molecule has 4 heteroatoms. The molecule has 2 nitrogen and oxygen atoms in total. The van der Waals surface area contributed by atoms with Gasteiger partial charge >= 0.3 is 0 Å². The van der Waals surface area contributed by atoms with Gasteiger partial charge in [-0.15, -0.1) is 11.3 Å². The van der Waals surface area contributed by atoms with Crippen molar-refractivity contribution >= 4 is 33.7 Å². The smallest absolute Gasteiger partial charge is 0.293 e. The summed E-state index contributed by atoms with van der Waals surface area (Å²) in [5.41, 5.74) is 1.01. The molecule has 0 amide bonds. The molecule has 1 aromatic heterocycles. The monoisotopic (exact) mass is 220 g/mol. The Kier molecular flexibility index (Phi) is 2.89. The summed E-state index contributed by atoms with van der Waals surface area (Å²) < 4.78 is 5.58. The van der Waals surface area contributed by atoms with Crippen LogP contribution in [0.15, 0.2) is 15.2 Å². The van der Waals surface area contributed by atoms with Crippen LogP contribution < -0.4 is 0 Å². The van der Waals surface area contributed by atoms with E-state index >= 15 is 0 Å². The molecule has 1 rings (SSSR count). The second-order valence-corrected chi connectivity index (χ2v) is 3.86. The van der Waals surface area contributed by atoms with Gasteiger partial charge in [-0.25, -0.2) is 0 Å². The van der Waals surface area contributed by atoms with E-state index in [1.54, 1.807) is 11.3 Å². The Balaban J connectivity index is 2.56. The Morgan fingerprint density at radius 3 is 3.10 bits per heavy atom. The van der Waals surface area contributed by atoms with Crippen molar-refractivity contribution in [3.8, 4) is 0 Å². The maximum absolute atomic E-state index is 9.78. The van der Waals surface area contributed by atoms with Crippen LogP contribution in [0, 0.1) is 0 Å². The summed E-state index contributed by atoms with van der Waals surface area (Å²) in [4.78, 5) is 9.78. The lowest BCUT2D eigenvalue weighted by atomic mass is 10.4. The Morgan fingerprint density at radius 2 is 2.60 bits per heavy atom. The van der Waals surface area contributed by atoms with Gasteiger partial charge in [-0.3, -0.25) is 4.79 Å². The molecule has 0 radical (unpaired) electrons. The highest BCUT2D eigenvalue weighted by molar-refractivity contribution is 9.11. The van der Waals surface area contributed by atoms with Crippen molar-refractivity contribution in [1.82, 2.24) is 0 Å². The Bertz CT molecular complexity index is 221. The topological polar surface area (TPSA) is 26.3 Å². The van der Waals surface area contributed by atoms with Crippen molar-refractivity contribution in [3.63, 3.8) is 0 Å². The lowest BCUT2D eigenvalue weighted by Crippen LogP contribution is -1.87. The molecule has 0 unspecified atom stereocenters. The first-order valence-corrected chi connectivity index (χ1v) is 4.29. The Morgan fingerprint density at radius 1 is 1.80 bits per heavy atom. The normalized spacial score (nSPS) is 9.30. The summed E-state index contributed by atoms with van der Waals surface area (Å²) >= 11 is 4.89. The van der Waals surface area contributed by atoms with Gasteiger partial charge in [-0.05, 0) is 27.4 Å². The fourth-order valence-electron chi connectivity index (χ4n) is 0.546. The third-order valence-corrected chi connectivity index (χ3v) is 2.81. The van der Waals surface area contributed by atoms with Gasteiger partial charge in [-0.2, -0.15) is 0 Å². The van der Waals surface area contributed by atoms with Crippen LogP contribution in [0.1, 0.15) is 5.56 Å². The van der Waals surface area contributed by atoms with Crippen LogP contribution in [-0.4, -0.2) is 6.47 Å². The van der Waals surface area contributed by atoms with Crippen molar-refractivity contribution in [2.45, 2.75) is 6.61 Å². The molecule has 0 fully saturated rings. The number of rotatable bonds is 3. The Hall–Kier alpha value is -0.350. The predicted molar refractivity (Wildman–Crippen MR) is 42.9 cm³/mol. The average molecular weight is 221 g/mol. The number of halogens is 1. The lowest BCUT2D eigenvalue weighted by molar-refractivity contribution is -0.129. The second kappa shape index (κ2) is 3.73. The molecule has 0 spiro atoms. The molecule has 54 valence electrons. The average Bonchev–Trinajstić information content (AvgIpc) is 2.31.